The number of nitrogens with zero attached hydrogens (tertiary/aromatic N) is 2. The number of ether oxygens (including phenoxy) is 2. The average molecular weight is 465 g/mol. The second-order valence-corrected chi connectivity index (χ2v) is 7.88. The predicted octanol–water partition coefficient (Wildman–Crippen LogP) is 4.46. The maximum atomic E-state index is 5.96. The summed E-state index contributed by atoms with van der Waals surface area (Å²) in [4.78, 5) is 6.10. The number of hydrogen-bond acceptors (Lipinski definition) is 4. The van der Waals surface area contributed by atoms with Gasteiger partial charge in [-0.2, -0.15) is 18.2 Å². The molecule has 0 unspecified atom stereocenters. The molecule has 4 nitrogen and oxygen atoms in total. The number of aliphatic imine (C=N–C) groups is 1. The minimum absolute atomic E-state index is 0. The molecule has 0 N–H and O–H groups in total. The van der Waals surface area contributed by atoms with Crippen molar-refractivity contribution in [2.45, 2.75) is 32.4 Å². The molecule has 29 heavy (non-hydrogen) atoms. The van der Waals surface area contributed by atoms with Crippen molar-refractivity contribution in [2.75, 3.05) is 27.2 Å². The van der Waals surface area contributed by atoms with Crippen LogP contribution in [0.1, 0.15) is 37.0 Å². The van der Waals surface area contributed by atoms with E-state index in [-0.39, 0.29) is 38.2 Å². The zero-order valence-corrected chi connectivity index (χ0v) is 20.6. The van der Waals surface area contributed by atoms with Crippen molar-refractivity contribution in [3.05, 3.63) is 71.3 Å². The van der Waals surface area contributed by atoms with Gasteiger partial charge in [-0.3, -0.25) is 0 Å². The van der Waals surface area contributed by atoms with Crippen LogP contribution in [-0.2, 0) is 44.1 Å². The summed E-state index contributed by atoms with van der Waals surface area (Å²) in [5, 5.41) is 0. The smallest absolute Gasteiger partial charge is 0.111 e. The van der Waals surface area contributed by atoms with E-state index in [1.807, 2.05) is 32.0 Å². The Balaban J connectivity index is 0.000000319. The summed E-state index contributed by atoms with van der Waals surface area (Å²) >= 11 is 0. The second-order valence-electron chi connectivity index (χ2n) is 7.88. The molecule has 0 spiro atoms. The quantitative estimate of drug-likeness (QED) is 0.628. The van der Waals surface area contributed by atoms with E-state index in [0.29, 0.717) is 13.2 Å². The summed E-state index contributed by atoms with van der Waals surface area (Å²) in [5.74, 6) is 0.945. The van der Waals surface area contributed by atoms with Crippen LogP contribution in [-0.4, -0.2) is 44.1 Å². The molecule has 0 saturated heterocycles. The maximum Gasteiger partial charge on any atom is 0.111 e. The Kier molecular flexibility index (Phi) is 9.07. The van der Waals surface area contributed by atoms with E-state index in [4.69, 9.17) is 9.47 Å². The van der Waals surface area contributed by atoms with Crippen molar-refractivity contribution in [1.29, 1.82) is 0 Å². The molecular formula is C24H28N2O2Y-2. The van der Waals surface area contributed by atoms with Crippen LogP contribution >= 0.6 is 0 Å². The molecule has 0 fully saturated rings. The van der Waals surface area contributed by atoms with Crippen molar-refractivity contribution < 1.29 is 42.2 Å². The van der Waals surface area contributed by atoms with Gasteiger partial charge >= 0.3 is 0 Å². The van der Waals surface area contributed by atoms with Gasteiger partial charge in [0.05, 0.1) is 12.1 Å². The molecule has 0 saturated carbocycles. The van der Waals surface area contributed by atoms with Crippen LogP contribution in [0, 0.1) is 6.07 Å². The zero-order chi connectivity index (χ0) is 20.0. The van der Waals surface area contributed by atoms with Crippen LogP contribution in [0.4, 0.5) is 0 Å². The molecule has 2 aliphatic heterocycles. The van der Waals surface area contributed by atoms with E-state index < -0.39 is 0 Å². The third-order valence-electron chi connectivity index (χ3n) is 4.57. The minimum atomic E-state index is -0.0139. The van der Waals surface area contributed by atoms with Crippen molar-refractivity contribution in [3.8, 4) is 5.75 Å². The maximum absolute atomic E-state index is 5.96. The van der Waals surface area contributed by atoms with Gasteiger partial charge in [0.15, 0.2) is 0 Å². The number of hydrogen-bond donors (Lipinski definition) is 0. The first-order chi connectivity index (χ1) is 13.5. The molecule has 2 heterocycles. The van der Waals surface area contributed by atoms with Crippen molar-refractivity contribution in [1.82, 2.24) is 4.90 Å². The first-order valence-corrected chi connectivity index (χ1v) is 9.61. The average Bonchev–Trinajstić information content (AvgIpc) is 3.01. The molecule has 0 amide bonds. The number of benzene rings is 2. The fourth-order valence-corrected chi connectivity index (χ4v) is 3.05. The van der Waals surface area contributed by atoms with Gasteiger partial charge in [0.1, 0.15) is 6.61 Å². The first-order valence-electron chi connectivity index (χ1n) is 9.61. The summed E-state index contributed by atoms with van der Waals surface area (Å²) in [5.41, 5.74) is 4.90. The topological polar surface area (TPSA) is 34.1 Å². The van der Waals surface area contributed by atoms with Crippen molar-refractivity contribution in [3.63, 3.8) is 0 Å². The van der Waals surface area contributed by atoms with Gasteiger partial charge in [-0.1, -0.05) is 41.5 Å². The van der Waals surface area contributed by atoms with Crippen LogP contribution in [0.3, 0.4) is 0 Å². The molecule has 2 aromatic carbocycles. The van der Waals surface area contributed by atoms with Gasteiger partial charge in [0.2, 0.25) is 0 Å². The third-order valence-corrected chi connectivity index (χ3v) is 4.57. The Labute approximate surface area is 199 Å². The van der Waals surface area contributed by atoms with Gasteiger partial charge in [-0.15, -0.1) is 6.07 Å². The molecule has 0 aliphatic carbocycles. The van der Waals surface area contributed by atoms with E-state index in [9.17, 15) is 0 Å². The molecule has 0 bridgehead atoms. The summed E-state index contributed by atoms with van der Waals surface area (Å²) in [6, 6.07) is 17.6. The molecule has 1 radical (unpaired) electrons. The van der Waals surface area contributed by atoms with E-state index in [2.05, 4.69) is 66.8 Å². The monoisotopic (exact) mass is 465 g/mol. The third kappa shape index (κ3) is 6.77. The fourth-order valence-electron chi connectivity index (χ4n) is 3.05. The second kappa shape index (κ2) is 11.1. The minimum Gasteiger partial charge on any atom is -0.673 e. The Morgan fingerprint density at radius 2 is 1.97 bits per heavy atom. The standard InChI is InChI=1S/C19H20NO.C5H8NO.Y/c1-20(2)13-7-11-17-16-9-4-3-8-15(16)14-21-19-12-6-5-10-18(17)19;1-5(2)3-7-4-6-5;/h3-4,6,8-12H,7,13-14H2,1-2H3;3H2,1-2H3;/q2*-1;/b17-11-;;. The largest absolute Gasteiger partial charge is 0.673 e. The Morgan fingerprint density at radius 3 is 2.62 bits per heavy atom. The first kappa shape index (κ1) is 23.8. The Bertz CT molecular complexity index is 810. The number of fused-ring (bicyclic) bond motifs is 2. The number of rotatable bonds is 3. The van der Waals surface area contributed by atoms with Gasteiger partial charge in [-0.25, -0.2) is 6.40 Å². The SMILES string of the molecule is CC1(C)CO[C-]=N1.CN(C)CC/C=C1/c2ccccc2COc2cc[c-]cc21.[Y]. The van der Waals surface area contributed by atoms with E-state index in [0.717, 1.165) is 24.3 Å². The van der Waals surface area contributed by atoms with E-state index in [1.165, 1.54) is 16.7 Å². The van der Waals surface area contributed by atoms with E-state index >= 15 is 0 Å². The van der Waals surface area contributed by atoms with Crippen molar-refractivity contribution >= 4 is 12.0 Å². The molecule has 0 atom stereocenters. The van der Waals surface area contributed by atoms with E-state index in [1.54, 1.807) is 0 Å². The summed E-state index contributed by atoms with van der Waals surface area (Å²) in [6.07, 6.45) is 5.78. The summed E-state index contributed by atoms with van der Waals surface area (Å²) in [7, 11) is 4.20. The Morgan fingerprint density at radius 1 is 1.17 bits per heavy atom. The fraction of sp³-hybridized carbons (Fsp3) is 0.375. The molecule has 2 aliphatic rings. The molecule has 5 heteroatoms. The molecule has 151 valence electrons. The predicted molar refractivity (Wildman–Crippen MR) is 114 cm³/mol. The molecule has 0 aromatic heterocycles. The molecule has 4 rings (SSSR count). The van der Waals surface area contributed by atoms with Crippen LogP contribution in [0.15, 0.2) is 53.5 Å². The van der Waals surface area contributed by atoms with Crippen molar-refractivity contribution in [2.24, 2.45) is 4.99 Å². The van der Waals surface area contributed by atoms with Gasteiger partial charge in [0, 0.05) is 45.0 Å². The van der Waals surface area contributed by atoms with Gasteiger partial charge in [-0.05, 0) is 45.5 Å². The van der Waals surface area contributed by atoms with Crippen LogP contribution in [0.25, 0.3) is 5.57 Å². The van der Waals surface area contributed by atoms with Gasteiger partial charge in [0.25, 0.3) is 0 Å². The molecule has 2 aromatic rings. The van der Waals surface area contributed by atoms with Gasteiger partial charge < -0.3 is 19.4 Å². The zero-order valence-electron chi connectivity index (χ0n) is 17.7. The van der Waals surface area contributed by atoms with Crippen LogP contribution in [0.2, 0.25) is 0 Å². The van der Waals surface area contributed by atoms with Crippen LogP contribution < -0.4 is 4.74 Å². The summed E-state index contributed by atoms with van der Waals surface area (Å²) < 4.78 is 10.7. The van der Waals surface area contributed by atoms with Crippen LogP contribution in [0.5, 0.6) is 5.75 Å². The molecular weight excluding hydrogens is 437 g/mol. The Hall–Kier alpha value is -1.49. The normalized spacial score (nSPS) is 17.1. The summed E-state index contributed by atoms with van der Waals surface area (Å²) in [6.45, 7) is 6.35.